The van der Waals surface area contributed by atoms with Crippen LogP contribution < -0.4 is 10.7 Å². The standard InChI is InChI=1S/C20H16ClNO3/c1-12-3-7-18-16(9-12)20(24)14(11-25-18)5-8-19(23)22-15-6-4-13(2)17(21)10-15/h3-11H,1-2H3,(H,22,23)/b8-5+. The molecule has 0 aliphatic carbocycles. The van der Waals surface area contributed by atoms with Crippen molar-refractivity contribution in [3.05, 3.63) is 80.7 Å². The van der Waals surface area contributed by atoms with Gasteiger partial charge in [-0.3, -0.25) is 9.59 Å². The minimum absolute atomic E-state index is 0.174. The molecule has 0 aliphatic rings. The highest BCUT2D eigenvalue weighted by Crippen LogP contribution is 2.20. The number of halogens is 1. The van der Waals surface area contributed by atoms with Gasteiger partial charge in [0, 0.05) is 16.8 Å². The van der Waals surface area contributed by atoms with Gasteiger partial charge in [0.15, 0.2) is 5.43 Å². The van der Waals surface area contributed by atoms with Crippen molar-refractivity contribution in [1.29, 1.82) is 0 Å². The number of hydrogen-bond acceptors (Lipinski definition) is 3. The van der Waals surface area contributed by atoms with Crippen LogP contribution in [0.3, 0.4) is 0 Å². The topological polar surface area (TPSA) is 59.3 Å². The lowest BCUT2D eigenvalue weighted by Crippen LogP contribution is -2.09. The number of rotatable bonds is 3. The van der Waals surface area contributed by atoms with Gasteiger partial charge in [0.25, 0.3) is 0 Å². The van der Waals surface area contributed by atoms with E-state index in [9.17, 15) is 9.59 Å². The van der Waals surface area contributed by atoms with Crippen LogP contribution in [0.2, 0.25) is 5.02 Å². The monoisotopic (exact) mass is 353 g/mol. The van der Waals surface area contributed by atoms with Crippen LogP contribution in [-0.2, 0) is 4.79 Å². The summed E-state index contributed by atoms with van der Waals surface area (Å²) in [6, 6.07) is 10.7. The third-order valence-corrected chi connectivity index (χ3v) is 4.22. The highest BCUT2D eigenvalue weighted by Gasteiger charge is 2.06. The molecule has 1 aromatic heterocycles. The van der Waals surface area contributed by atoms with Crippen LogP contribution in [-0.4, -0.2) is 5.91 Å². The summed E-state index contributed by atoms with van der Waals surface area (Å²) in [6.45, 7) is 3.79. The fourth-order valence-corrected chi connectivity index (χ4v) is 2.58. The first-order chi connectivity index (χ1) is 11.9. The molecule has 126 valence electrons. The molecular formula is C20H16ClNO3. The lowest BCUT2D eigenvalue weighted by Gasteiger charge is -2.04. The quantitative estimate of drug-likeness (QED) is 0.693. The summed E-state index contributed by atoms with van der Waals surface area (Å²) in [5.41, 5.74) is 3.15. The van der Waals surface area contributed by atoms with E-state index in [4.69, 9.17) is 16.0 Å². The molecule has 5 heteroatoms. The smallest absolute Gasteiger partial charge is 0.248 e. The van der Waals surface area contributed by atoms with Gasteiger partial charge in [0.05, 0.1) is 10.9 Å². The van der Waals surface area contributed by atoms with Gasteiger partial charge in [-0.2, -0.15) is 0 Å². The highest BCUT2D eigenvalue weighted by atomic mass is 35.5. The first kappa shape index (κ1) is 17.0. The number of fused-ring (bicyclic) bond motifs is 1. The summed E-state index contributed by atoms with van der Waals surface area (Å²) < 4.78 is 5.46. The average Bonchev–Trinajstić information content (AvgIpc) is 2.58. The minimum Gasteiger partial charge on any atom is -0.463 e. The summed E-state index contributed by atoms with van der Waals surface area (Å²) in [4.78, 5) is 24.5. The molecular weight excluding hydrogens is 338 g/mol. The maximum atomic E-state index is 12.5. The van der Waals surface area contributed by atoms with E-state index in [1.807, 2.05) is 26.0 Å². The van der Waals surface area contributed by atoms with Gasteiger partial charge in [0.2, 0.25) is 5.91 Å². The van der Waals surface area contributed by atoms with E-state index < -0.39 is 0 Å². The third kappa shape index (κ3) is 3.80. The van der Waals surface area contributed by atoms with E-state index in [1.54, 1.807) is 24.3 Å². The normalized spacial score (nSPS) is 11.2. The average molecular weight is 354 g/mol. The van der Waals surface area contributed by atoms with Crippen molar-refractivity contribution < 1.29 is 9.21 Å². The number of aryl methyl sites for hydroxylation is 2. The zero-order valence-electron chi connectivity index (χ0n) is 13.8. The minimum atomic E-state index is -0.358. The number of hydrogen-bond donors (Lipinski definition) is 1. The largest absolute Gasteiger partial charge is 0.463 e. The molecule has 1 amide bonds. The number of carbonyl (C=O) groups excluding carboxylic acids is 1. The molecule has 1 heterocycles. The van der Waals surface area contributed by atoms with E-state index in [0.29, 0.717) is 27.2 Å². The maximum Gasteiger partial charge on any atom is 0.248 e. The van der Waals surface area contributed by atoms with E-state index in [1.165, 1.54) is 18.4 Å². The lowest BCUT2D eigenvalue weighted by molar-refractivity contribution is -0.111. The SMILES string of the molecule is Cc1ccc2occ(/C=C/C(=O)Nc3ccc(C)c(Cl)c3)c(=O)c2c1. The zero-order valence-corrected chi connectivity index (χ0v) is 14.6. The predicted molar refractivity (Wildman–Crippen MR) is 101 cm³/mol. The molecule has 2 aromatic carbocycles. The second kappa shape index (κ2) is 6.95. The first-order valence-corrected chi connectivity index (χ1v) is 8.09. The molecule has 1 N–H and O–H groups in total. The van der Waals surface area contributed by atoms with Crippen molar-refractivity contribution in [1.82, 2.24) is 0 Å². The van der Waals surface area contributed by atoms with Gasteiger partial charge in [0.1, 0.15) is 11.8 Å². The molecule has 3 rings (SSSR count). The summed E-state index contributed by atoms with van der Waals surface area (Å²) in [6.07, 6.45) is 4.09. The van der Waals surface area contributed by atoms with Crippen molar-refractivity contribution in [2.24, 2.45) is 0 Å². The highest BCUT2D eigenvalue weighted by molar-refractivity contribution is 6.31. The summed E-state index contributed by atoms with van der Waals surface area (Å²) in [7, 11) is 0. The second-order valence-corrected chi connectivity index (χ2v) is 6.21. The molecule has 0 atom stereocenters. The Bertz CT molecular complexity index is 1050. The zero-order chi connectivity index (χ0) is 18.0. The van der Waals surface area contributed by atoms with Crippen molar-refractivity contribution in [2.75, 3.05) is 5.32 Å². The Morgan fingerprint density at radius 2 is 1.96 bits per heavy atom. The number of benzene rings is 2. The van der Waals surface area contributed by atoms with Gasteiger partial charge in [-0.25, -0.2) is 0 Å². The lowest BCUT2D eigenvalue weighted by atomic mass is 10.1. The van der Waals surface area contributed by atoms with Crippen molar-refractivity contribution in [2.45, 2.75) is 13.8 Å². The van der Waals surface area contributed by atoms with Crippen LogP contribution in [0.1, 0.15) is 16.7 Å². The Morgan fingerprint density at radius 3 is 2.72 bits per heavy atom. The van der Waals surface area contributed by atoms with Crippen molar-refractivity contribution in [3.63, 3.8) is 0 Å². The molecule has 0 saturated heterocycles. The molecule has 0 spiro atoms. The van der Waals surface area contributed by atoms with Crippen LogP contribution in [0.5, 0.6) is 0 Å². The Kier molecular flexibility index (Phi) is 4.72. The van der Waals surface area contributed by atoms with Crippen LogP contribution in [0.25, 0.3) is 17.0 Å². The molecule has 0 fully saturated rings. The van der Waals surface area contributed by atoms with Crippen LogP contribution in [0.15, 0.2) is 57.9 Å². The van der Waals surface area contributed by atoms with Gasteiger partial charge in [-0.05, 0) is 49.8 Å². The Labute approximate surface area is 149 Å². The molecule has 0 aliphatic heterocycles. The molecule has 4 nitrogen and oxygen atoms in total. The van der Waals surface area contributed by atoms with Gasteiger partial charge < -0.3 is 9.73 Å². The van der Waals surface area contributed by atoms with Crippen molar-refractivity contribution >= 4 is 40.2 Å². The van der Waals surface area contributed by atoms with Crippen LogP contribution >= 0.6 is 11.6 Å². The van der Waals surface area contributed by atoms with E-state index in [-0.39, 0.29) is 11.3 Å². The number of nitrogens with one attached hydrogen (secondary N) is 1. The fourth-order valence-electron chi connectivity index (χ4n) is 2.40. The van der Waals surface area contributed by atoms with E-state index >= 15 is 0 Å². The second-order valence-electron chi connectivity index (χ2n) is 5.81. The van der Waals surface area contributed by atoms with E-state index in [2.05, 4.69) is 5.32 Å². The summed E-state index contributed by atoms with van der Waals surface area (Å²) in [5.74, 6) is -0.358. The molecule has 0 radical (unpaired) electrons. The predicted octanol–water partition coefficient (Wildman–Crippen LogP) is 4.72. The molecule has 3 aromatic rings. The molecule has 0 saturated carbocycles. The van der Waals surface area contributed by atoms with Crippen LogP contribution in [0.4, 0.5) is 5.69 Å². The van der Waals surface area contributed by atoms with Gasteiger partial charge in [-0.15, -0.1) is 0 Å². The van der Waals surface area contributed by atoms with Gasteiger partial charge >= 0.3 is 0 Å². The van der Waals surface area contributed by atoms with Gasteiger partial charge in [-0.1, -0.05) is 29.3 Å². The number of carbonyl (C=O) groups is 1. The molecule has 25 heavy (non-hydrogen) atoms. The van der Waals surface area contributed by atoms with E-state index in [0.717, 1.165) is 11.1 Å². The molecule has 0 unspecified atom stereocenters. The Balaban J connectivity index is 1.82. The fraction of sp³-hybridized carbons (Fsp3) is 0.100. The third-order valence-electron chi connectivity index (χ3n) is 3.81. The summed E-state index contributed by atoms with van der Waals surface area (Å²) in [5, 5.41) is 3.77. The number of amides is 1. The van der Waals surface area contributed by atoms with Crippen LogP contribution in [0, 0.1) is 13.8 Å². The first-order valence-electron chi connectivity index (χ1n) is 7.71. The van der Waals surface area contributed by atoms with Crippen molar-refractivity contribution in [3.8, 4) is 0 Å². The maximum absolute atomic E-state index is 12.5. The Hall–Kier alpha value is -2.85. The molecule has 0 bridgehead atoms. The number of anilines is 1. The summed E-state index contributed by atoms with van der Waals surface area (Å²) >= 11 is 6.04. The Morgan fingerprint density at radius 1 is 1.16 bits per heavy atom.